The average Bonchev–Trinajstić information content (AvgIpc) is 2.72. The van der Waals surface area contributed by atoms with Gasteiger partial charge in [-0.2, -0.15) is 0 Å². The predicted octanol–water partition coefficient (Wildman–Crippen LogP) is -0.172. The van der Waals surface area contributed by atoms with E-state index in [4.69, 9.17) is 0 Å². The van der Waals surface area contributed by atoms with Gasteiger partial charge in [-0.3, -0.25) is 4.79 Å². The smallest absolute Gasteiger partial charge is 0.241 e. The zero-order valence-electron chi connectivity index (χ0n) is 10.8. The predicted molar refractivity (Wildman–Crippen MR) is 63.7 cm³/mol. The molecule has 7 nitrogen and oxygen atoms in total. The maximum absolute atomic E-state index is 11.7. The second-order valence-electron chi connectivity index (χ2n) is 5.20. The fourth-order valence-electron chi connectivity index (χ4n) is 1.95. The van der Waals surface area contributed by atoms with Crippen molar-refractivity contribution >= 4 is 5.91 Å². The minimum Gasteiger partial charge on any atom is -0.388 e. The van der Waals surface area contributed by atoms with Crippen LogP contribution in [0.15, 0.2) is 0 Å². The van der Waals surface area contributed by atoms with Crippen LogP contribution >= 0.6 is 0 Å². The first-order chi connectivity index (χ1) is 8.50. The van der Waals surface area contributed by atoms with Gasteiger partial charge < -0.3 is 10.4 Å². The summed E-state index contributed by atoms with van der Waals surface area (Å²) in [5.74, 6) is 0.681. The number of tetrazole rings is 1. The van der Waals surface area contributed by atoms with Gasteiger partial charge in [0.05, 0.1) is 5.60 Å². The van der Waals surface area contributed by atoms with Crippen molar-refractivity contribution in [2.45, 2.75) is 51.2 Å². The molecule has 1 saturated carbocycles. The lowest BCUT2D eigenvalue weighted by Gasteiger charge is -2.36. The maximum atomic E-state index is 11.7. The molecule has 1 aliphatic rings. The second kappa shape index (κ2) is 5.01. The normalized spacial score (nSPS) is 17.6. The van der Waals surface area contributed by atoms with Gasteiger partial charge in [0.1, 0.15) is 6.54 Å². The first-order valence-corrected chi connectivity index (χ1v) is 6.25. The minimum absolute atomic E-state index is 0.0938. The molecule has 0 aromatic carbocycles. The molecule has 7 heteroatoms. The number of nitrogens with zero attached hydrogens (tertiary/aromatic N) is 4. The monoisotopic (exact) mass is 253 g/mol. The Morgan fingerprint density at radius 2 is 2.28 bits per heavy atom. The summed E-state index contributed by atoms with van der Waals surface area (Å²) in [7, 11) is 0. The number of rotatable bonds is 5. The van der Waals surface area contributed by atoms with Gasteiger partial charge in [0.2, 0.25) is 5.91 Å². The fraction of sp³-hybridized carbons (Fsp3) is 0.818. The van der Waals surface area contributed by atoms with Crippen molar-refractivity contribution in [2.75, 3.05) is 6.54 Å². The maximum Gasteiger partial charge on any atom is 0.241 e. The summed E-state index contributed by atoms with van der Waals surface area (Å²) in [6, 6.07) is 0. The van der Waals surface area contributed by atoms with E-state index in [1.165, 1.54) is 4.68 Å². The number of carbonyl (C=O) groups excluding carboxylic acids is 1. The quantitative estimate of drug-likeness (QED) is 0.760. The van der Waals surface area contributed by atoms with Gasteiger partial charge in [-0.25, -0.2) is 4.68 Å². The molecular formula is C11H19N5O2. The summed E-state index contributed by atoms with van der Waals surface area (Å²) >= 11 is 0. The lowest BCUT2D eigenvalue weighted by Crippen LogP contribution is -2.48. The third kappa shape index (κ3) is 2.84. The van der Waals surface area contributed by atoms with E-state index in [1.807, 2.05) is 13.8 Å². The molecule has 0 saturated heterocycles. The number of nitrogens with one attached hydrogen (secondary N) is 1. The van der Waals surface area contributed by atoms with Crippen LogP contribution in [0.5, 0.6) is 0 Å². The second-order valence-corrected chi connectivity index (χ2v) is 5.20. The Labute approximate surface area is 106 Å². The molecule has 0 aliphatic heterocycles. The van der Waals surface area contributed by atoms with Crippen LogP contribution in [0.4, 0.5) is 0 Å². The number of aromatic nitrogens is 4. The fourth-order valence-corrected chi connectivity index (χ4v) is 1.95. The summed E-state index contributed by atoms with van der Waals surface area (Å²) in [5.41, 5.74) is -0.697. The van der Waals surface area contributed by atoms with Gasteiger partial charge in [0.25, 0.3) is 0 Å². The molecule has 18 heavy (non-hydrogen) atoms. The van der Waals surface area contributed by atoms with Crippen LogP contribution in [0, 0.1) is 0 Å². The molecule has 0 atom stereocenters. The summed E-state index contributed by atoms with van der Waals surface area (Å²) in [6.07, 6.45) is 2.54. The van der Waals surface area contributed by atoms with E-state index in [1.54, 1.807) is 0 Å². The summed E-state index contributed by atoms with van der Waals surface area (Å²) in [4.78, 5) is 11.7. The SMILES string of the molecule is CC(C)c1nnnn1CC(=O)NCC1(O)CCC1. The highest BCUT2D eigenvalue weighted by atomic mass is 16.3. The van der Waals surface area contributed by atoms with Gasteiger partial charge in [0, 0.05) is 12.5 Å². The van der Waals surface area contributed by atoms with Crippen LogP contribution in [-0.4, -0.2) is 43.4 Å². The Hall–Kier alpha value is -1.50. The molecule has 0 spiro atoms. The van der Waals surface area contributed by atoms with Crippen LogP contribution in [0.2, 0.25) is 0 Å². The third-order valence-corrected chi connectivity index (χ3v) is 3.27. The number of hydrogen-bond acceptors (Lipinski definition) is 5. The van der Waals surface area contributed by atoms with Gasteiger partial charge in [0.15, 0.2) is 5.82 Å². The van der Waals surface area contributed by atoms with Crippen LogP contribution in [0.3, 0.4) is 0 Å². The topological polar surface area (TPSA) is 92.9 Å². The molecule has 1 aromatic heterocycles. The van der Waals surface area contributed by atoms with Gasteiger partial charge in [-0.15, -0.1) is 5.10 Å². The van der Waals surface area contributed by atoms with Crippen LogP contribution in [0.1, 0.15) is 44.9 Å². The Bertz CT molecular complexity index is 425. The highest BCUT2D eigenvalue weighted by Crippen LogP contribution is 2.30. The Morgan fingerprint density at radius 1 is 1.56 bits per heavy atom. The molecule has 1 fully saturated rings. The molecular weight excluding hydrogens is 234 g/mol. The first kappa shape index (κ1) is 12.9. The van der Waals surface area contributed by atoms with Crippen molar-refractivity contribution in [3.8, 4) is 0 Å². The lowest BCUT2D eigenvalue weighted by atomic mass is 9.80. The number of hydrogen-bond donors (Lipinski definition) is 2. The molecule has 0 bridgehead atoms. The van der Waals surface area contributed by atoms with Crippen molar-refractivity contribution in [3.63, 3.8) is 0 Å². The van der Waals surface area contributed by atoms with Gasteiger partial charge in [-0.05, 0) is 29.7 Å². The molecule has 1 heterocycles. The van der Waals surface area contributed by atoms with Crippen molar-refractivity contribution < 1.29 is 9.90 Å². The number of amides is 1. The van der Waals surface area contributed by atoms with Crippen molar-refractivity contribution in [1.82, 2.24) is 25.5 Å². The van der Waals surface area contributed by atoms with Crippen molar-refractivity contribution in [3.05, 3.63) is 5.82 Å². The van der Waals surface area contributed by atoms with Crippen LogP contribution < -0.4 is 5.32 Å². The van der Waals surface area contributed by atoms with E-state index in [9.17, 15) is 9.90 Å². The van der Waals surface area contributed by atoms with Crippen LogP contribution in [-0.2, 0) is 11.3 Å². The number of carbonyl (C=O) groups is 1. The summed E-state index contributed by atoms with van der Waals surface area (Å²) < 4.78 is 1.49. The standard InChI is InChI=1S/C11H19N5O2/c1-8(2)10-13-14-15-16(10)6-9(17)12-7-11(18)4-3-5-11/h8,18H,3-7H2,1-2H3,(H,12,17). The first-order valence-electron chi connectivity index (χ1n) is 6.25. The zero-order chi connectivity index (χ0) is 13.2. The van der Waals surface area contributed by atoms with Crippen LogP contribution in [0.25, 0.3) is 0 Å². The molecule has 0 radical (unpaired) electrons. The highest BCUT2D eigenvalue weighted by molar-refractivity contribution is 5.75. The molecule has 0 unspecified atom stereocenters. The van der Waals surface area contributed by atoms with Crippen molar-refractivity contribution in [2.24, 2.45) is 0 Å². The summed E-state index contributed by atoms with van der Waals surface area (Å²) in [5, 5.41) is 23.8. The Balaban J connectivity index is 1.85. The molecule has 2 rings (SSSR count). The average molecular weight is 253 g/mol. The minimum atomic E-state index is -0.697. The van der Waals surface area contributed by atoms with E-state index in [-0.39, 0.29) is 18.4 Å². The van der Waals surface area contributed by atoms with Gasteiger partial charge in [-0.1, -0.05) is 13.8 Å². The van der Waals surface area contributed by atoms with Gasteiger partial charge >= 0.3 is 0 Å². The van der Waals surface area contributed by atoms with Crippen molar-refractivity contribution in [1.29, 1.82) is 0 Å². The Morgan fingerprint density at radius 3 is 2.83 bits per heavy atom. The molecule has 1 aliphatic carbocycles. The Kier molecular flexibility index (Phi) is 3.60. The lowest BCUT2D eigenvalue weighted by molar-refractivity contribution is -0.124. The highest BCUT2D eigenvalue weighted by Gasteiger charge is 2.34. The summed E-state index contributed by atoms with van der Waals surface area (Å²) in [6.45, 7) is 4.34. The third-order valence-electron chi connectivity index (χ3n) is 3.27. The zero-order valence-corrected chi connectivity index (χ0v) is 10.8. The molecule has 1 amide bonds. The van der Waals surface area contributed by atoms with E-state index in [2.05, 4.69) is 20.8 Å². The van der Waals surface area contributed by atoms with E-state index >= 15 is 0 Å². The van der Waals surface area contributed by atoms with E-state index in [0.717, 1.165) is 19.3 Å². The molecule has 1 aromatic rings. The van der Waals surface area contributed by atoms with E-state index < -0.39 is 5.60 Å². The number of aliphatic hydroxyl groups is 1. The molecule has 100 valence electrons. The molecule has 2 N–H and O–H groups in total. The van der Waals surface area contributed by atoms with E-state index in [0.29, 0.717) is 12.4 Å². The largest absolute Gasteiger partial charge is 0.388 e.